The smallest absolute Gasteiger partial charge is 0.229 e. The maximum Gasteiger partial charge on any atom is 0.229 e. The van der Waals surface area contributed by atoms with Gasteiger partial charge in [0.1, 0.15) is 0 Å². The van der Waals surface area contributed by atoms with Gasteiger partial charge in [0.2, 0.25) is 12.4 Å². The number of nitrogens with one attached hydrogen (secondary N) is 1. The van der Waals surface area contributed by atoms with Crippen LogP contribution < -0.4 is 5.32 Å². The lowest BCUT2D eigenvalue weighted by Crippen LogP contribution is -2.00. The van der Waals surface area contributed by atoms with E-state index in [1.54, 1.807) is 12.4 Å². The summed E-state index contributed by atoms with van der Waals surface area (Å²) in [6, 6.07) is 0. The Morgan fingerprint density at radius 1 is 1.42 bits per heavy atom. The number of anilines is 1. The molecule has 1 heterocycles. The van der Waals surface area contributed by atoms with E-state index in [4.69, 9.17) is 0 Å². The van der Waals surface area contributed by atoms with Crippen molar-refractivity contribution in [1.29, 1.82) is 0 Å². The molecule has 1 aromatic heterocycles. The third-order valence-corrected chi connectivity index (χ3v) is 1.53. The minimum absolute atomic E-state index is 0.342. The van der Waals surface area contributed by atoms with E-state index in [1.807, 2.05) is 0 Å². The lowest BCUT2D eigenvalue weighted by molar-refractivity contribution is -0.105. The summed E-state index contributed by atoms with van der Waals surface area (Å²) >= 11 is 0. The maximum atomic E-state index is 10.0. The molecule has 1 amide bonds. The van der Waals surface area contributed by atoms with Gasteiger partial charge in [-0.25, -0.2) is 9.97 Å². The monoisotopic (exact) mass is 165 g/mol. The average Bonchev–Trinajstić information content (AvgIpc) is 2.06. The average molecular weight is 165 g/mol. The third-order valence-electron chi connectivity index (χ3n) is 1.53. The lowest BCUT2D eigenvalue weighted by atomic mass is 10.1. The Bertz CT molecular complexity index is 256. The van der Waals surface area contributed by atoms with Gasteiger partial charge in [-0.3, -0.25) is 10.1 Å². The summed E-state index contributed by atoms with van der Waals surface area (Å²) in [5.74, 6) is 0.754. The number of nitrogens with zero attached hydrogens (tertiary/aromatic N) is 2. The van der Waals surface area contributed by atoms with Gasteiger partial charge < -0.3 is 0 Å². The highest BCUT2D eigenvalue weighted by Crippen LogP contribution is 2.11. The largest absolute Gasteiger partial charge is 0.297 e. The van der Waals surface area contributed by atoms with Gasteiger partial charge in [0, 0.05) is 12.4 Å². The zero-order valence-corrected chi connectivity index (χ0v) is 7.11. The quantitative estimate of drug-likeness (QED) is 0.684. The Labute approximate surface area is 71.0 Å². The molecule has 0 atom stereocenters. The molecule has 1 rings (SSSR count). The summed E-state index contributed by atoms with van der Waals surface area (Å²) in [7, 11) is 0. The van der Waals surface area contributed by atoms with Gasteiger partial charge >= 0.3 is 0 Å². The van der Waals surface area contributed by atoms with Crippen LogP contribution in [0.5, 0.6) is 0 Å². The van der Waals surface area contributed by atoms with Crippen LogP contribution >= 0.6 is 0 Å². The number of hydrogen-bond acceptors (Lipinski definition) is 3. The second-order valence-corrected chi connectivity index (χ2v) is 2.76. The van der Waals surface area contributed by atoms with Crippen molar-refractivity contribution in [3.05, 3.63) is 18.0 Å². The number of amides is 1. The van der Waals surface area contributed by atoms with Crippen LogP contribution in [0.2, 0.25) is 0 Å². The van der Waals surface area contributed by atoms with Crippen molar-refractivity contribution < 1.29 is 4.79 Å². The first-order valence-corrected chi connectivity index (χ1v) is 3.76. The summed E-state index contributed by atoms with van der Waals surface area (Å²) < 4.78 is 0. The molecule has 0 fully saturated rings. The third kappa shape index (κ3) is 2.02. The summed E-state index contributed by atoms with van der Waals surface area (Å²) in [6.07, 6.45) is 3.98. The summed E-state index contributed by atoms with van der Waals surface area (Å²) in [5.41, 5.74) is 1.06. The molecule has 12 heavy (non-hydrogen) atoms. The lowest BCUT2D eigenvalue weighted by Gasteiger charge is -2.03. The van der Waals surface area contributed by atoms with Crippen LogP contribution in [-0.4, -0.2) is 16.4 Å². The molecule has 0 aliphatic carbocycles. The Kier molecular flexibility index (Phi) is 2.74. The van der Waals surface area contributed by atoms with Gasteiger partial charge in [-0.15, -0.1) is 0 Å². The highest BCUT2D eigenvalue weighted by molar-refractivity contribution is 5.66. The standard InChI is InChI=1S/C8H11N3O/c1-6(2)7-3-9-8(10-4-7)11-5-12/h3-6H,1-2H3,(H,9,10,11,12). The SMILES string of the molecule is CC(C)c1cnc(NC=O)nc1. The van der Waals surface area contributed by atoms with Crippen LogP contribution in [0.25, 0.3) is 0 Å². The molecule has 0 bridgehead atoms. The molecule has 0 aliphatic rings. The van der Waals surface area contributed by atoms with Crippen LogP contribution in [-0.2, 0) is 4.79 Å². The van der Waals surface area contributed by atoms with Crippen molar-refractivity contribution in [3.8, 4) is 0 Å². The molecule has 0 saturated heterocycles. The number of hydrogen-bond donors (Lipinski definition) is 1. The molecule has 0 saturated carbocycles. The van der Waals surface area contributed by atoms with Gasteiger partial charge in [0.25, 0.3) is 0 Å². The Morgan fingerprint density at radius 3 is 2.42 bits per heavy atom. The topological polar surface area (TPSA) is 54.9 Å². The molecule has 0 unspecified atom stereocenters. The second-order valence-electron chi connectivity index (χ2n) is 2.76. The highest BCUT2D eigenvalue weighted by atomic mass is 16.1. The zero-order valence-electron chi connectivity index (χ0n) is 7.11. The molecule has 0 radical (unpaired) electrons. The normalized spacial score (nSPS) is 9.92. The van der Waals surface area contributed by atoms with Crippen molar-refractivity contribution in [2.24, 2.45) is 0 Å². The van der Waals surface area contributed by atoms with Gasteiger partial charge in [-0.1, -0.05) is 13.8 Å². The van der Waals surface area contributed by atoms with E-state index in [0.717, 1.165) is 5.56 Å². The van der Waals surface area contributed by atoms with E-state index in [1.165, 1.54) is 0 Å². The molecule has 0 aliphatic heterocycles. The summed E-state index contributed by atoms with van der Waals surface area (Å²) in [4.78, 5) is 17.9. The zero-order chi connectivity index (χ0) is 8.97. The first kappa shape index (κ1) is 8.64. The van der Waals surface area contributed by atoms with Crippen molar-refractivity contribution in [2.45, 2.75) is 19.8 Å². The van der Waals surface area contributed by atoms with Crippen LogP contribution in [0.1, 0.15) is 25.3 Å². The van der Waals surface area contributed by atoms with Crippen LogP contribution in [0.3, 0.4) is 0 Å². The fraction of sp³-hybridized carbons (Fsp3) is 0.375. The second kappa shape index (κ2) is 3.80. The molecule has 0 aromatic carbocycles. The highest BCUT2D eigenvalue weighted by Gasteiger charge is 1.99. The van der Waals surface area contributed by atoms with Crippen LogP contribution in [0, 0.1) is 0 Å². The first-order valence-electron chi connectivity index (χ1n) is 3.76. The van der Waals surface area contributed by atoms with E-state index in [-0.39, 0.29) is 0 Å². The summed E-state index contributed by atoms with van der Waals surface area (Å²) in [5, 5.41) is 2.37. The fourth-order valence-electron chi connectivity index (χ4n) is 0.763. The van der Waals surface area contributed by atoms with E-state index in [0.29, 0.717) is 18.3 Å². The molecule has 1 aromatic rings. The summed E-state index contributed by atoms with van der Waals surface area (Å²) in [6.45, 7) is 4.12. The Hall–Kier alpha value is -1.45. The number of rotatable bonds is 3. The number of carbonyl (C=O) groups is 1. The predicted molar refractivity (Wildman–Crippen MR) is 45.8 cm³/mol. The maximum absolute atomic E-state index is 10.0. The molecule has 0 spiro atoms. The molecule has 1 N–H and O–H groups in total. The Morgan fingerprint density at radius 2 is 2.00 bits per heavy atom. The fourth-order valence-corrected chi connectivity index (χ4v) is 0.763. The van der Waals surface area contributed by atoms with Crippen molar-refractivity contribution in [1.82, 2.24) is 9.97 Å². The number of aromatic nitrogens is 2. The molecular formula is C8H11N3O. The first-order chi connectivity index (χ1) is 5.74. The van der Waals surface area contributed by atoms with Gasteiger partial charge in [0.15, 0.2) is 0 Å². The van der Waals surface area contributed by atoms with Gasteiger partial charge in [-0.05, 0) is 11.5 Å². The Balaban J connectivity index is 2.78. The molecule has 4 nitrogen and oxygen atoms in total. The minimum atomic E-state index is 0.342. The van der Waals surface area contributed by atoms with E-state index < -0.39 is 0 Å². The molecular weight excluding hydrogens is 154 g/mol. The van der Waals surface area contributed by atoms with Crippen molar-refractivity contribution in [2.75, 3.05) is 5.32 Å². The van der Waals surface area contributed by atoms with Crippen LogP contribution in [0.4, 0.5) is 5.95 Å². The van der Waals surface area contributed by atoms with Crippen molar-refractivity contribution >= 4 is 12.4 Å². The molecule has 64 valence electrons. The van der Waals surface area contributed by atoms with Crippen molar-refractivity contribution in [3.63, 3.8) is 0 Å². The van der Waals surface area contributed by atoms with Gasteiger partial charge in [0.05, 0.1) is 0 Å². The minimum Gasteiger partial charge on any atom is -0.297 e. The van der Waals surface area contributed by atoms with Crippen LogP contribution in [0.15, 0.2) is 12.4 Å². The predicted octanol–water partition coefficient (Wildman–Crippen LogP) is 1.17. The number of carbonyl (C=O) groups excluding carboxylic acids is 1. The van der Waals surface area contributed by atoms with E-state index >= 15 is 0 Å². The van der Waals surface area contributed by atoms with Gasteiger partial charge in [-0.2, -0.15) is 0 Å². The van der Waals surface area contributed by atoms with E-state index in [2.05, 4.69) is 29.1 Å². The van der Waals surface area contributed by atoms with E-state index in [9.17, 15) is 4.79 Å². The molecule has 4 heteroatoms.